The second-order valence-corrected chi connectivity index (χ2v) is 7.73. The van der Waals surface area contributed by atoms with Gasteiger partial charge in [0.1, 0.15) is 12.4 Å². The van der Waals surface area contributed by atoms with Gasteiger partial charge in [0, 0.05) is 0 Å². The number of ether oxygens (including phenoxy) is 3. The van der Waals surface area contributed by atoms with E-state index in [1.54, 1.807) is 20.8 Å². The monoisotopic (exact) mass is 383 g/mol. The number of rotatable bonds is 10. The molecular formula is C20H30FNO5. The van der Waals surface area contributed by atoms with Crippen molar-refractivity contribution in [3.63, 3.8) is 0 Å². The highest BCUT2D eigenvalue weighted by Crippen LogP contribution is 2.15. The van der Waals surface area contributed by atoms with E-state index in [4.69, 9.17) is 14.2 Å². The van der Waals surface area contributed by atoms with Crippen molar-refractivity contribution in [1.82, 2.24) is 5.32 Å². The molecule has 0 fully saturated rings. The zero-order valence-electron chi connectivity index (χ0n) is 16.7. The minimum absolute atomic E-state index is 0.0978. The van der Waals surface area contributed by atoms with Gasteiger partial charge in [-0.15, -0.1) is 0 Å². The van der Waals surface area contributed by atoms with Gasteiger partial charge < -0.3 is 19.5 Å². The SMILES string of the molecule is CC(C)C[C@H](NC(=O)OC(C)(C)C)C(OCOCc1ccccc1)C(=O)F. The molecule has 2 atom stereocenters. The van der Waals surface area contributed by atoms with E-state index in [1.165, 1.54) is 0 Å². The van der Waals surface area contributed by atoms with Crippen molar-refractivity contribution in [1.29, 1.82) is 0 Å². The van der Waals surface area contributed by atoms with Gasteiger partial charge in [0.15, 0.2) is 6.10 Å². The maximum atomic E-state index is 13.6. The molecule has 0 aliphatic carbocycles. The number of halogens is 1. The molecule has 1 aromatic carbocycles. The lowest BCUT2D eigenvalue weighted by molar-refractivity contribution is -0.158. The summed E-state index contributed by atoms with van der Waals surface area (Å²) in [6, 6.07) is 6.86. The van der Waals surface area contributed by atoms with Gasteiger partial charge in [-0.25, -0.2) is 4.79 Å². The second kappa shape index (κ2) is 11.0. The standard InChI is InChI=1S/C20H30FNO5/c1-14(2)11-16(22-19(24)27-20(3,4)5)17(18(21)23)26-13-25-12-15-9-7-6-8-10-15/h6-10,14,16-17H,11-13H2,1-5H3,(H,22,24)/t16-,17?/m0/s1. The zero-order valence-corrected chi connectivity index (χ0v) is 16.7. The average Bonchev–Trinajstić information content (AvgIpc) is 2.52. The van der Waals surface area contributed by atoms with Crippen molar-refractivity contribution in [3.8, 4) is 0 Å². The molecule has 1 rings (SSSR count). The molecule has 6 nitrogen and oxygen atoms in total. The molecule has 1 amide bonds. The van der Waals surface area contributed by atoms with Crippen molar-refractivity contribution in [3.05, 3.63) is 35.9 Å². The lowest BCUT2D eigenvalue weighted by atomic mass is 9.99. The number of carbonyl (C=O) groups excluding carboxylic acids is 2. The quantitative estimate of drug-likeness (QED) is 0.376. The van der Waals surface area contributed by atoms with E-state index in [1.807, 2.05) is 44.2 Å². The number of nitrogens with one attached hydrogen (secondary N) is 1. The summed E-state index contributed by atoms with van der Waals surface area (Å²) in [5.74, 6) is 0.0978. The van der Waals surface area contributed by atoms with Crippen molar-refractivity contribution in [2.75, 3.05) is 6.79 Å². The molecule has 27 heavy (non-hydrogen) atoms. The van der Waals surface area contributed by atoms with E-state index in [2.05, 4.69) is 5.32 Å². The predicted octanol–water partition coefficient (Wildman–Crippen LogP) is 3.98. The van der Waals surface area contributed by atoms with Crippen LogP contribution in [-0.2, 0) is 25.6 Å². The number of hydrogen-bond acceptors (Lipinski definition) is 5. The van der Waals surface area contributed by atoms with Gasteiger partial charge in [-0.05, 0) is 38.7 Å². The number of hydrogen-bond donors (Lipinski definition) is 1. The van der Waals surface area contributed by atoms with E-state index in [0.717, 1.165) is 5.56 Å². The molecule has 0 saturated heterocycles. The number of carbonyl (C=O) groups is 2. The molecule has 0 heterocycles. The Hall–Kier alpha value is -1.99. The predicted molar refractivity (Wildman–Crippen MR) is 99.7 cm³/mol. The van der Waals surface area contributed by atoms with Crippen molar-refractivity contribution >= 4 is 12.1 Å². The van der Waals surface area contributed by atoms with E-state index in [0.29, 0.717) is 6.42 Å². The molecule has 1 aromatic rings. The highest BCUT2D eigenvalue weighted by atomic mass is 19.1. The van der Waals surface area contributed by atoms with E-state index in [9.17, 15) is 14.0 Å². The van der Waals surface area contributed by atoms with Gasteiger partial charge in [-0.3, -0.25) is 4.79 Å². The maximum absolute atomic E-state index is 13.6. The lowest BCUT2D eigenvalue weighted by Crippen LogP contribution is -2.49. The summed E-state index contributed by atoms with van der Waals surface area (Å²) in [6.45, 7) is 8.94. The van der Waals surface area contributed by atoms with Crippen LogP contribution in [0, 0.1) is 5.92 Å². The fourth-order valence-corrected chi connectivity index (χ4v) is 2.42. The van der Waals surface area contributed by atoms with Crippen LogP contribution in [0.2, 0.25) is 0 Å². The summed E-state index contributed by atoms with van der Waals surface area (Å²) in [4.78, 5) is 23.5. The molecule has 0 aliphatic heterocycles. The molecule has 152 valence electrons. The molecule has 0 aromatic heterocycles. The molecular weight excluding hydrogens is 353 g/mol. The first kappa shape index (κ1) is 23.0. The third-order valence-electron chi connectivity index (χ3n) is 3.46. The number of amides is 1. The summed E-state index contributed by atoms with van der Waals surface area (Å²) < 4.78 is 29.4. The average molecular weight is 383 g/mol. The highest BCUT2D eigenvalue weighted by molar-refractivity contribution is 5.76. The first-order chi connectivity index (χ1) is 12.6. The van der Waals surface area contributed by atoms with Crippen molar-refractivity contribution in [2.24, 2.45) is 5.92 Å². The van der Waals surface area contributed by atoms with Crippen LogP contribution in [0.3, 0.4) is 0 Å². The van der Waals surface area contributed by atoms with E-state index in [-0.39, 0.29) is 19.3 Å². The van der Waals surface area contributed by atoms with Gasteiger partial charge in [-0.2, -0.15) is 4.39 Å². The molecule has 0 saturated carbocycles. The molecule has 0 bridgehead atoms. The van der Waals surface area contributed by atoms with Gasteiger partial charge >= 0.3 is 12.1 Å². The smallest absolute Gasteiger partial charge is 0.407 e. The Morgan fingerprint density at radius 2 is 1.78 bits per heavy atom. The highest BCUT2D eigenvalue weighted by Gasteiger charge is 2.32. The zero-order chi connectivity index (χ0) is 20.4. The van der Waals surface area contributed by atoms with Crippen LogP contribution in [0.15, 0.2) is 30.3 Å². The van der Waals surface area contributed by atoms with Crippen LogP contribution >= 0.6 is 0 Å². The summed E-state index contributed by atoms with van der Waals surface area (Å²) >= 11 is 0. The lowest BCUT2D eigenvalue weighted by Gasteiger charge is -2.28. The van der Waals surface area contributed by atoms with Gasteiger partial charge in [0.05, 0.1) is 12.6 Å². The van der Waals surface area contributed by atoms with E-state index < -0.39 is 29.9 Å². The summed E-state index contributed by atoms with van der Waals surface area (Å²) in [6.07, 6.45) is -1.85. The Morgan fingerprint density at radius 1 is 1.15 bits per heavy atom. The van der Waals surface area contributed by atoms with Crippen LogP contribution in [-0.4, -0.2) is 36.7 Å². The summed E-state index contributed by atoms with van der Waals surface area (Å²) in [5, 5.41) is 2.54. The Kier molecular flexibility index (Phi) is 9.38. The Labute approximate surface area is 160 Å². The molecule has 1 N–H and O–H groups in total. The van der Waals surface area contributed by atoms with Crippen molar-refractivity contribution in [2.45, 2.75) is 65.4 Å². The fourth-order valence-electron chi connectivity index (χ4n) is 2.42. The molecule has 0 radical (unpaired) electrons. The molecule has 1 unspecified atom stereocenters. The Balaban J connectivity index is 2.65. The molecule has 7 heteroatoms. The largest absolute Gasteiger partial charge is 0.444 e. The number of alkyl carbamates (subject to hydrolysis) is 1. The van der Waals surface area contributed by atoms with Gasteiger partial charge in [0.2, 0.25) is 0 Å². The van der Waals surface area contributed by atoms with Crippen LogP contribution in [0.25, 0.3) is 0 Å². The van der Waals surface area contributed by atoms with Crippen LogP contribution in [0.1, 0.15) is 46.6 Å². The fraction of sp³-hybridized carbons (Fsp3) is 0.600. The van der Waals surface area contributed by atoms with Gasteiger partial charge in [0.25, 0.3) is 0 Å². The Morgan fingerprint density at radius 3 is 2.30 bits per heavy atom. The third-order valence-corrected chi connectivity index (χ3v) is 3.46. The Bertz CT molecular complexity index is 586. The topological polar surface area (TPSA) is 73.9 Å². The summed E-state index contributed by atoms with van der Waals surface area (Å²) in [7, 11) is 0. The van der Waals surface area contributed by atoms with Crippen molar-refractivity contribution < 1.29 is 28.2 Å². The maximum Gasteiger partial charge on any atom is 0.407 e. The van der Waals surface area contributed by atoms with Crippen LogP contribution in [0.4, 0.5) is 9.18 Å². The van der Waals surface area contributed by atoms with E-state index >= 15 is 0 Å². The molecule has 0 spiro atoms. The van der Waals surface area contributed by atoms with Gasteiger partial charge in [-0.1, -0.05) is 44.2 Å². The first-order valence-corrected chi connectivity index (χ1v) is 9.00. The number of benzene rings is 1. The normalized spacial score (nSPS) is 13.9. The summed E-state index contributed by atoms with van der Waals surface area (Å²) in [5.41, 5.74) is 0.219. The molecule has 0 aliphatic rings. The van der Waals surface area contributed by atoms with Crippen LogP contribution in [0.5, 0.6) is 0 Å². The minimum Gasteiger partial charge on any atom is -0.444 e. The second-order valence-electron chi connectivity index (χ2n) is 7.73. The van der Waals surface area contributed by atoms with Crippen LogP contribution < -0.4 is 5.32 Å². The third kappa shape index (κ3) is 10.1. The minimum atomic E-state index is -1.67. The first-order valence-electron chi connectivity index (χ1n) is 9.00.